The molecule has 2 amide bonds. The summed E-state index contributed by atoms with van der Waals surface area (Å²) in [6.07, 6.45) is 5.29. The minimum Gasteiger partial charge on any atom is -0.331 e. The Morgan fingerprint density at radius 2 is 1.86 bits per heavy atom. The Labute approximate surface area is 129 Å². The predicted molar refractivity (Wildman–Crippen MR) is 84.5 cm³/mol. The summed E-state index contributed by atoms with van der Waals surface area (Å²) in [5.41, 5.74) is 0.901. The number of amides is 2. The summed E-state index contributed by atoms with van der Waals surface area (Å²) < 4.78 is 0. The first-order chi connectivity index (χ1) is 10.2. The maximum Gasteiger partial charge on any atom is 0.249 e. The molecule has 21 heavy (non-hydrogen) atoms. The standard InChI is InChI=1S/C16H20N2O2S/c1-21-13-7-5-12(6-8-13)17-11-9-15(19)18-10-3-2-4-14(18)16(17)20/h5-8,14H,2-4,9-11H2,1H3. The van der Waals surface area contributed by atoms with Crippen molar-refractivity contribution >= 4 is 29.3 Å². The summed E-state index contributed by atoms with van der Waals surface area (Å²) in [5, 5.41) is 0. The quantitative estimate of drug-likeness (QED) is 0.788. The molecule has 4 nitrogen and oxygen atoms in total. The van der Waals surface area contributed by atoms with E-state index < -0.39 is 0 Å². The number of benzene rings is 1. The van der Waals surface area contributed by atoms with Crippen LogP contribution in [0.4, 0.5) is 5.69 Å². The van der Waals surface area contributed by atoms with Gasteiger partial charge in [-0.3, -0.25) is 9.59 Å². The molecule has 2 aliphatic rings. The summed E-state index contributed by atoms with van der Waals surface area (Å²) in [7, 11) is 0. The van der Waals surface area contributed by atoms with Crippen molar-refractivity contribution in [2.45, 2.75) is 36.6 Å². The lowest BCUT2D eigenvalue weighted by Gasteiger charge is -2.34. The van der Waals surface area contributed by atoms with Crippen molar-refractivity contribution in [3.05, 3.63) is 24.3 Å². The van der Waals surface area contributed by atoms with Crippen LogP contribution in [0.3, 0.4) is 0 Å². The molecule has 1 atom stereocenters. The van der Waals surface area contributed by atoms with Gasteiger partial charge in [0.25, 0.3) is 0 Å². The Kier molecular flexibility index (Phi) is 4.19. The normalized spacial score (nSPS) is 23.0. The maximum atomic E-state index is 12.8. The highest BCUT2D eigenvalue weighted by atomic mass is 32.2. The van der Waals surface area contributed by atoms with Gasteiger partial charge in [-0.2, -0.15) is 0 Å². The Hall–Kier alpha value is -1.49. The van der Waals surface area contributed by atoms with E-state index in [1.54, 1.807) is 21.6 Å². The van der Waals surface area contributed by atoms with Gasteiger partial charge in [0.2, 0.25) is 11.8 Å². The van der Waals surface area contributed by atoms with Gasteiger partial charge in [-0.1, -0.05) is 0 Å². The van der Waals surface area contributed by atoms with Crippen LogP contribution in [0.5, 0.6) is 0 Å². The summed E-state index contributed by atoms with van der Waals surface area (Å²) in [6.45, 7) is 1.22. The van der Waals surface area contributed by atoms with E-state index in [1.165, 1.54) is 4.90 Å². The van der Waals surface area contributed by atoms with Gasteiger partial charge in [0.1, 0.15) is 6.04 Å². The van der Waals surface area contributed by atoms with Crippen molar-refractivity contribution in [1.82, 2.24) is 4.90 Å². The monoisotopic (exact) mass is 304 g/mol. The highest BCUT2D eigenvalue weighted by Gasteiger charge is 2.38. The molecule has 1 aromatic rings. The average Bonchev–Trinajstić information content (AvgIpc) is 2.66. The van der Waals surface area contributed by atoms with Crippen LogP contribution in [-0.4, -0.2) is 42.1 Å². The van der Waals surface area contributed by atoms with Crippen LogP contribution in [0.2, 0.25) is 0 Å². The van der Waals surface area contributed by atoms with Crippen LogP contribution in [0.1, 0.15) is 25.7 Å². The number of hydrogen-bond acceptors (Lipinski definition) is 3. The fraction of sp³-hybridized carbons (Fsp3) is 0.500. The third-order valence-electron chi connectivity index (χ3n) is 4.31. The zero-order valence-corrected chi connectivity index (χ0v) is 13.1. The molecular weight excluding hydrogens is 284 g/mol. The van der Waals surface area contributed by atoms with E-state index in [1.807, 2.05) is 30.5 Å². The molecule has 1 aromatic carbocycles. The highest BCUT2D eigenvalue weighted by Crippen LogP contribution is 2.27. The van der Waals surface area contributed by atoms with E-state index in [0.717, 1.165) is 31.5 Å². The third kappa shape index (κ3) is 2.79. The molecule has 0 saturated carbocycles. The molecule has 5 heteroatoms. The molecule has 2 fully saturated rings. The summed E-state index contributed by atoms with van der Waals surface area (Å²) in [5.74, 6) is 0.203. The van der Waals surface area contributed by atoms with E-state index in [0.29, 0.717) is 13.0 Å². The molecule has 112 valence electrons. The van der Waals surface area contributed by atoms with Crippen molar-refractivity contribution < 1.29 is 9.59 Å². The van der Waals surface area contributed by atoms with Crippen LogP contribution >= 0.6 is 11.8 Å². The van der Waals surface area contributed by atoms with E-state index in [-0.39, 0.29) is 17.9 Å². The van der Waals surface area contributed by atoms with Gasteiger partial charge in [-0.25, -0.2) is 0 Å². The minimum atomic E-state index is -0.256. The molecule has 2 saturated heterocycles. The zero-order valence-electron chi connectivity index (χ0n) is 12.2. The summed E-state index contributed by atoms with van der Waals surface area (Å²) in [4.78, 5) is 29.8. The van der Waals surface area contributed by atoms with Crippen LogP contribution in [0.15, 0.2) is 29.2 Å². The van der Waals surface area contributed by atoms with Gasteiger partial charge in [0.15, 0.2) is 0 Å². The van der Waals surface area contributed by atoms with Crippen molar-refractivity contribution in [3.8, 4) is 0 Å². The summed E-state index contributed by atoms with van der Waals surface area (Å²) in [6, 6.07) is 7.75. The van der Waals surface area contributed by atoms with Crippen LogP contribution in [-0.2, 0) is 9.59 Å². The second-order valence-corrected chi connectivity index (χ2v) is 6.42. The number of carbonyl (C=O) groups excluding carboxylic acids is 2. The largest absolute Gasteiger partial charge is 0.331 e. The number of nitrogens with zero attached hydrogens (tertiary/aromatic N) is 2. The predicted octanol–water partition coefficient (Wildman–Crippen LogP) is 2.53. The molecular formula is C16H20N2O2S. The Morgan fingerprint density at radius 3 is 2.57 bits per heavy atom. The number of fused-ring (bicyclic) bond motifs is 1. The van der Waals surface area contributed by atoms with Gasteiger partial charge < -0.3 is 9.80 Å². The highest BCUT2D eigenvalue weighted by molar-refractivity contribution is 7.98. The Morgan fingerprint density at radius 1 is 1.10 bits per heavy atom. The number of rotatable bonds is 2. The van der Waals surface area contributed by atoms with Crippen molar-refractivity contribution in [1.29, 1.82) is 0 Å². The van der Waals surface area contributed by atoms with Gasteiger partial charge in [0.05, 0.1) is 0 Å². The minimum absolute atomic E-state index is 0.0810. The number of hydrogen-bond donors (Lipinski definition) is 0. The zero-order chi connectivity index (χ0) is 14.8. The summed E-state index contributed by atoms with van der Waals surface area (Å²) >= 11 is 1.68. The molecule has 0 aromatic heterocycles. The van der Waals surface area contributed by atoms with E-state index in [2.05, 4.69) is 0 Å². The maximum absolute atomic E-state index is 12.8. The number of thioether (sulfide) groups is 1. The Balaban J connectivity index is 1.87. The van der Waals surface area contributed by atoms with Crippen LogP contribution < -0.4 is 4.90 Å². The number of carbonyl (C=O) groups is 2. The van der Waals surface area contributed by atoms with Gasteiger partial charge in [-0.05, 0) is 49.8 Å². The van der Waals surface area contributed by atoms with E-state index in [4.69, 9.17) is 0 Å². The lowest BCUT2D eigenvalue weighted by Crippen LogP contribution is -2.49. The lowest BCUT2D eigenvalue weighted by atomic mass is 10.0. The Bertz CT molecular complexity index is 544. The molecule has 1 unspecified atom stereocenters. The number of anilines is 1. The second kappa shape index (κ2) is 6.10. The van der Waals surface area contributed by atoms with Crippen molar-refractivity contribution in [2.24, 2.45) is 0 Å². The second-order valence-electron chi connectivity index (χ2n) is 5.54. The first-order valence-electron chi connectivity index (χ1n) is 7.45. The fourth-order valence-corrected chi connectivity index (χ4v) is 3.55. The van der Waals surface area contributed by atoms with E-state index >= 15 is 0 Å². The molecule has 2 heterocycles. The molecule has 3 rings (SSSR count). The average molecular weight is 304 g/mol. The van der Waals surface area contributed by atoms with Crippen molar-refractivity contribution in [3.63, 3.8) is 0 Å². The van der Waals surface area contributed by atoms with Gasteiger partial charge in [0, 0.05) is 30.1 Å². The molecule has 0 spiro atoms. The van der Waals surface area contributed by atoms with Crippen molar-refractivity contribution in [2.75, 3.05) is 24.2 Å². The topological polar surface area (TPSA) is 40.6 Å². The van der Waals surface area contributed by atoms with Crippen LogP contribution in [0.25, 0.3) is 0 Å². The first kappa shape index (κ1) is 14.4. The molecule has 0 N–H and O–H groups in total. The SMILES string of the molecule is CSc1ccc(N2CCC(=O)N3CCCCC3C2=O)cc1. The molecule has 0 bridgehead atoms. The van der Waals surface area contributed by atoms with E-state index in [9.17, 15) is 9.59 Å². The molecule has 0 aliphatic carbocycles. The van der Waals surface area contributed by atoms with Crippen LogP contribution in [0, 0.1) is 0 Å². The first-order valence-corrected chi connectivity index (χ1v) is 8.68. The van der Waals surface area contributed by atoms with Gasteiger partial charge >= 0.3 is 0 Å². The van der Waals surface area contributed by atoms with Gasteiger partial charge in [-0.15, -0.1) is 11.8 Å². The smallest absolute Gasteiger partial charge is 0.249 e. The number of piperidine rings is 1. The lowest BCUT2D eigenvalue weighted by molar-refractivity contribution is -0.138. The fourth-order valence-electron chi connectivity index (χ4n) is 3.15. The third-order valence-corrected chi connectivity index (χ3v) is 5.05. The molecule has 2 aliphatic heterocycles. The molecule has 0 radical (unpaired) electrons.